The number of nitrogens with zero attached hydrogens (tertiary/aromatic N) is 2. The Morgan fingerprint density at radius 2 is 2.05 bits per heavy atom. The van der Waals surface area contributed by atoms with E-state index in [4.69, 9.17) is 9.69 Å². The maximum atomic E-state index is 11.5. The highest BCUT2D eigenvalue weighted by Crippen LogP contribution is 2.36. The van der Waals surface area contributed by atoms with E-state index in [1.165, 1.54) is 13.3 Å². The molecule has 0 fully saturated rings. The van der Waals surface area contributed by atoms with Gasteiger partial charge in [-0.25, -0.2) is 0 Å². The second-order valence-electron chi connectivity index (χ2n) is 6.72. The number of pyridine rings is 1. The largest absolute Gasteiger partial charge is 0.468 e. The van der Waals surface area contributed by atoms with Crippen molar-refractivity contribution in [3.05, 3.63) is 29.6 Å². The number of aromatic nitrogens is 1. The van der Waals surface area contributed by atoms with E-state index in [0.717, 1.165) is 5.69 Å². The summed E-state index contributed by atoms with van der Waals surface area (Å²) < 4.78 is 10.7. The smallest absolute Gasteiger partial charge is 0.327 e. The summed E-state index contributed by atoms with van der Waals surface area (Å²) in [5.41, 5.74) is 1.32. The topological polar surface area (TPSA) is 72.2 Å². The molecule has 0 spiro atoms. The van der Waals surface area contributed by atoms with Crippen molar-refractivity contribution in [1.29, 1.82) is 5.26 Å². The third-order valence-electron chi connectivity index (χ3n) is 4.13. The third-order valence-corrected chi connectivity index (χ3v) is 8.61. The molecule has 6 heteroatoms. The second kappa shape index (κ2) is 7.03. The van der Waals surface area contributed by atoms with E-state index in [1.807, 2.05) is 6.07 Å². The maximum Gasteiger partial charge on any atom is 0.327 e. The summed E-state index contributed by atoms with van der Waals surface area (Å²) in [7, 11) is -0.555. The van der Waals surface area contributed by atoms with E-state index in [1.54, 1.807) is 12.1 Å². The van der Waals surface area contributed by atoms with Crippen LogP contribution in [0.3, 0.4) is 0 Å². The van der Waals surface area contributed by atoms with Crippen molar-refractivity contribution < 1.29 is 14.0 Å². The normalized spacial score (nSPS) is 13.3. The molecule has 1 aromatic heterocycles. The highest BCUT2D eigenvalue weighted by Gasteiger charge is 2.37. The zero-order valence-corrected chi connectivity index (χ0v) is 15.1. The fourth-order valence-corrected chi connectivity index (χ4v) is 2.49. The first-order valence-corrected chi connectivity index (χ1v) is 10.1. The average molecular weight is 320 g/mol. The van der Waals surface area contributed by atoms with Crippen molar-refractivity contribution in [3.63, 3.8) is 0 Å². The lowest BCUT2D eigenvalue weighted by molar-refractivity contribution is -0.141. The first-order valence-electron chi connectivity index (χ1n) is 7.18. The maximum absolute atomic E-state index is 11.5. The van der Waals surface area contributed by atoms with Gasteiger partial charge in [0.2, 0.25) is 0 Å². The summed E-state index contributed by atoms with van der Waals surface area (Å²) in [6.07, 6.45) is 1.54. The van der Waals surface area contributed by atoms with Crippen LogP contribution >= 0.6 is 0 Å². The molecule has 0 aliphatic carbocycles. The minimum Gasteiger partial charge on any atom is -0.468 e. The molecule has 0 saturated carbocycles. The molecule has 1 unspecified atom stereocenters. The number of nitriles is 1. The molecule has 22 heavy (non-hydrogen) atoms. The van der Waals surface area contributed by atoms with Crippen LogP contribution in [0.1, 0.15) is 37.9 Å². The Hall–Kier alpha value is -1.71. The molecule has 120 valence electrons. The summed E-state index contributed by atoms with van der Waals surface area (Å²) in [6, 6.07) is 5.44. The molecule has 0 saturated heterocycles. The first-order chi connectivity index (χ1) is 10.1. The van der Waals surface area contributed by atoms with Gasteiger partial charge in [0.05, 0.1) is 25.5 Å². The van der Waals surface area contributed by atoms with Crippen LogP contribution in [0.4, 0.5) is 0 Å². The molecule has 0 aliphatic heterocycles. The molecule has 1 atom stereocenters. The number of hydrogen-bond donors (Lipinski definition) is 0. The molecule has 1 heterocycles. The Labute approximate surface area is 133 Å². The number of carbonyl (C=O) groups is 1. The van der Waals surface area contributed by atoms with Crippen LogP contribution < -0.4 is 0 Å². The van der Waals surface area contributed by atoms with Crippen molar-refractivity contribution >= 4 is 14.3 Å². The second-order valence-corrected chi connectivity index (χ2v) is 11.5. The van der Waals surface area contributed by atoms with Crippen LogP contribution in [0.2, 0.25) is 18.1 Å². The lowest BCUT2D eigenvalue weighted by Crippen LogP contribution is -2.40. The molecular formula is C16H24N2O3Si. The van der Waals surface area contributed by atoms with E-state index < -0.39 is 20.2 Å². The summed E-state index contributed by atoms with van der Waals surface area (Å²) in [4.78, 5) is 15.8. The predicted molar refractivity (Wildman–Crippen MR) is 86.6 cm³/mol. The zero-order chi connectivity index (χ0) is 17.0. The van der Waals surface area contributed by atoms with Crippen LogP contribution in [0.5, 0.6) is 0 Å². The van der Waals surface area contributed by atoms with Crippen LogP contribution in [0.15, 0.2) is 18.3 Å². The molecule has 0 aliphatic rings. The Balaban J connectivity index is 2.78. The molecule has 0 bridgehead atoms. The van der Waals surface area contributed by atoms with Crippen molar-refractivity contribution in [2.24, 2.45) is 0 Å². The Morgan fingerprint density at radius 3 is 2.45 bits per heavy atom. The summed E-state index contributed by atoms with van der Waals surface area (Å²) in [6.45, 7) is 11.4. The van der Waals surface area contributed by atoms with Crippen LogP contribution in [-0.4, -0.2) is 26.4 Å². The van der Waals surface area contributed by atoms with Gasteiger partial charge in [-0.3, -0.25) is 9.78 Å². The van der Waals surface area contributed by atoms with Gasteiger partial charge in [-0.2, -0.15) is 5.26 Å². The average Bonchev–Trinajstić information content (AvgIpc) is 2.45. The molecule has 0 radical (unpaired) electrons. The van der Waals surface area contributed by atoms with Crippen LogP contribution in [0, 0.1) is 11.3 Å². The number of rotatable bonds is 5. The minimum atomic E-state index is -1.82. The van der Waals surface area contributed by atoms with Gasteiger partial charge in [-0.15, -0.1) is 0 Å². The number of ether oxygens (including phenoxy) is 1. The lowest BCUT2D eigenvalue weighted by atomic mass is 10.0. The van der Waals surface area contributed by atoms with Gasteiger partial charge in [0.25, 0.3) is 0 Å². The van der Waals surface area contributed by atoms with Gasteiger partial charge in [0, 0.05) is 6.20 Å². The highest BCUT2D eigenvalue weighted by atomic mass is 28.4. The predicted octanol–water partition coefficient (Wildman–Crippen LogP) is 3.38. The fraction of sp³-hybridized carbons (Fsp3) is 0.562. The highest BCUT2D eigenvalue weighted by molar-refractivity contribution is 6.74. The van der Waals surface area contributed by atoms with Crippen molar-refractivity contribution in [3.8, 4) is 6.07 Å². The van der Waals surface area contributed by atoms with Gasteiger partial charge in [0.1, 0.15) is 0 Å². The number of methoxy groups -OCH3 is 1. The van der Waals surface area contributed by atoms with Crippen LogP contribution in [-0.2, 0) is 20.6 Å². The lowest BCUT2D eigenvalue weighted by Gasteiger charge is -2.36. The SMILES string of the molecule is COC(=O)C(C#N)c1ccc(CO[Si](C)(C)C(C)(C)C)nc1. The molecule has 0 N–H and O–H groups in total. The molecule has 1 aromatic rings. The summed E-state index contributed by atoms with van der Waals surface area (Å²) in [5, 5.41) is 9.19. The Bertz CT molecular complexity index is 556. The zero-order valence-electron chi connectivity index (χ0n) is 14.1. The van der Waals surface area contributed by atoms with E-state index in [0.29, 0.717) is 12.2 Å². The van der Waals surface area contributed by atoms with Gasteiger partial charge < -0.3 is 9.16 Å². The Morgan fingerprint density at radius 1 is 1.41 bits per heavy atom. The number of carbonyl (C=O) groups excluding carboxylic acids is 1. The van der Waals surface area contributed by atoms with E-state index >= 15 is 0 Å². The Kier molecular flexibility index (Phi) is 5.86. The third kappa shape index (κ3) is 4.39. The van der Waals surface area contributed by atoms with Crippen molar-refractivity contribution in [2.75, 3.05) is 7.11 Å². The summed E-state index contributed by atoms with van der Waals surface area (Å²) >= 11 is 0. The monoisotopic (exact) mass is 320 g/mol. The molecular weight excluding hydrogens is 296 g/mol. The molecule has 0 amide bonds. The summed E-state index contributed by atoms with van der Waals surface area (Å²) in [5.74, 6) is -1.51. The fourth-order valence-electron chi connectivity index (χ4n) is 1.54. The van der Waals surface area contributed by atoms with Crippen molar-refractivity contribution in [1.82, 2.24) is 4.98 Å². The molecule has 1 rings (SSSR count). The van der Waals surface area contributed by atoms with E-state index in [9.17, 15) is 4.79 Å². The van der Waals surface area contributed by atoms with E-state index in [2.05, 4.69) is 43.6 Å². The first kappa shape index (κ1) is 18.3. The number of esters is 1. The van der Waals surface area contributed by atoms with Gasteiger partial charge in [0.15, 0.2) is 14.2 Å². The minimum absolute atomic E-state index is 0.143. The number of hydrogen-bond acceptors (Lipinski definition) is 5. The molecule has 0 aromatic carbocycles. The van der Waals surface area contributed by atoms with E-state index in [-0.39, 0.29) is 5.04 Å². The van der Waals surface area contributed by atoms with Gasteiger partial charge in [-0.05, 0) is 29.8 Å². The standard InChI is InChI=1S/C16H24N2O3Si/c1-16(2,3)22(5,6)21-11-13-8-7-12(10-18-13)14(9-17)15(19)20-4/h7-8,10,14H,11H2,1-6H3. The van der Waals surface area contributed by atoms with Crippen LogP contribution in [0.25, 0.3) is 0 Å². The van der Waals surface area contributed by atoms with Crippen molar-refractivity contribution in [2.45, 2.75) is 51.4 Å². The molecule has 5 nitrogen and oxygen atoms in total. The van der Waals surface area contributed by atoms with Gasteiger partial charge in [-0.1, -0.05) is 26.8 Å². The quantitative estimate of drug-likeness (QED) is 0.614. The van der Waals surface area contributed by atoms with Gasteiger partial charge >= 0.3 is 5.97 Å².